The average Bonchev–Trinajstić information content (AvgIpc) is 2.16. The molecular formula is C9H12ClFN2S. The van der Waals surface area contributed by atoms with Crippen molar-refractivity contribution in [3.63, 3.8) is 0 Å². The van der Waals surface area contributed by atoms with Crippen molar-refractivity contribution >= 4 is 29.2 Å². The summed E-state index contributed by atoms with van der Waals surface area (Å²) in [7, 11) is 0. The maximum absolute atomic E-state index is 13.2. The average molecular weight is 235 g/mol. The topological polar surface area (TPSA) is 24.9 Å². The Balaban J connectivity index is 2.59. The minimum Gasteiger partial charge on any atom is -0.367 e. The van der Waals surface area contributed by atoms with E-state index < -0.39 is 5.82 Å². The molecule has 1 aromatic rings. The summed E-state index contributed by atoms with van der Waals surface area (Å²) in [5.41, 5.74) is 0. The number of aromatic nitrogens is 1. The van der Waals surface area contributed by atoms with E-state index in [1.807, 2.05) is 6.26 Å². The molecule has 0 aliphatic heterocycles. The summed E-state index contributed by atoms with van der Waals surface area (Å²) in [6, 6.07) is 1.25. The number of pyridine rings is 1. The number of halogens is 2. The van der Waals surface area contributed by atoms with E-state index in [-0.39, 0.29) is 5.82 Å². The second-order valence-electron chi connectivity index (χ2n) is 2.91. The fourth-order valence-corrected chi connectivity index (χ4v) is 1.26. The smallest absolute Gasteiger partial charge is 0.166 e. The van der Waals surface area contributed by atoms with Gasteiger partial charge < -0.3 is 5.32 Å². The first kappa shape index (κ1) is 11.6. The first-order chi connectivity index (χ1) is 6.63. The van der Waals surface area contributed by atoms with Gasteiger partial charge in [0.05, 0.1) is 5.02 Å². The van der Waals surface area contributed by atoms with Crippen LogP contribution >= 0.6 is 23.4 Å². The van der Waals surface area contributed by atoms with Crippen molar-refractivity contribution in [3.8, 4) is 0 Å². The quantitative estimate of drug-likeness (QED) is 0.867. The molecule has 5 heteroatoms. The molecule has 1 heterocycles. The molecule has 1 aromatic heterocycles. The van der Waals surface area contributed by atoms with E-state index in [0.717, 1.165) is 0 Å². The van der Waals surface area contributed by atoms with Gasteiger partial charge in [-0.3, -0.25) is 0 Å². The number of thioether (sulfide) groups is 1. The largest absolute Gasteiger partial charge is 0.367 e. The highest BCUT2D eigenvalue weighted by molar-refractivity contribution is 7.99. The number of anilines is 1. The minimum atomic E-state index is -0.411. The highest BCUT2D eigenvalue weighted by Gasteiger charge is 2.05. The van der Waals surface area contributed by atoms with Gasteiger partial charge in [-0.1, -0.05) is 18.5 Å². The van der Waals surface area contributed by atoms with Crippen LogP contribution in [0, 0.1) is 5.82 Å². The van der Waals surface area contributed by atoms with Crippen LogP contribution in [0.3, 0.4) is 0 Å². The Morgan fingerprint density at radius 3 is 3.00 bits per heavy atom. The van der Waals surface area contributed by atoms with Crippen LogP contribution < -0.4 is 5.32 Å². The number of rotatable bonds is 4. The molecule has 0 radical (unpaired) electrons. The van der Waals surface area contributed by atoms with Gasteiger partial charge in [-0.2, -0.15) is 11.8 Å². The lowest BCUT2D eigenvalue weighted by Gasteiger charge is -2.10. The van der Waals surface area contributed by atoms with Crippen LogP contribution in [-0.4, -0.2) is 23.0 Å². The summed E-state index contributed by atoms with van der Waals surface area (Å²) in [5, 5.41) is 3.66. The molecule has 0 spiro atoms. The van der Waals surface area contributed by atoms with Crippen LogP contribution in [0.5, 0.6) is 0 Å². The lowest BCUT2D eigenvalue weighted by molar-refractivity contribution is 0.624. The fourth-order valence-electron chi connectivity index (χ4n) is 0.868. The maximum Gasteiger partial charge on any atom is 0.166 e. The van der Waals surface area contributed by atoms with Crippen LogP contribution in [0.25, 0.3) is 0 Å². The molecule has 2 nitrogen and oxygen atoms in total. The first-order valence-electron chi connectivity index (χ1n) is 4.21. The van der Waals surface area contributed by atoms with Gasteiger partial charge in [-0.25, -0.2) is 9.37 Å². The van der Waals surface area contributed by atoms with Gasteiger partial charge in [0.25, 0.3) is 0 Å². The molecule has 1 atom stereocenters. The van der Waals surface area contributed by atoms with Crippen molar-refractivity contribution < 1.29 is 4.39 Å². The van der Waals surface area contributed by atoms with Gasteiger partial charge in [-0.05, 0) is 12.3 Å². The van der Waals surface area contributed by atoms with Crippen molar-refractivity contribution in [3.05, 3.63) is 23.1 Å². The molecular weight excluding hydrogens is 223 g/mol. The third-order valence-electron chi connectivity index (χ3n) is 1.77. The number of hydrogen-bond donors (Lipinski definition) is 1. The Morgan fingerprint density at radius 1 is 1.71 bits per heavy atom. The van der Waals surface area contributed by atoms with E-state index in [1.54, 1.807) is 11.8 Å². The van der Waals surface area contributed by atoms with Crippen LogP contribution in [0.1, 0.15) is 6.92 Å². The molecule has 1 rings (SSSR count). The second kappa shape index (κ2) is 5.41. The van der Waals surface area contributed by atoms with Gasteiger partial charge in [0, 0.05) is 18.0 Å². The van der Waals surface area contributed by atoms with Crippen molar-refractivity contribution in [1.82, 2.24) is 4.98 Å². The van der Waals surface area contributed by atoms with E-state index in [9.17, 15) is 4.39 Å². The summed E-state index contributed by atoms with van der Waals surface area (Å²) in [4.78, 5) is 3.86. The number of nitrogens with zero attached hydrogens (tertiary/aromatic N) is 1. The van der Waals surface area contributed by atoms with Gasteiger partial charge in [0.15, 0.2) is 11.6 Å². The molecule has 78 valence electrons. The zero-order chi connectivity index (χ0) is 10.6. The highest BCUT2D eigenvalue weighted by Crippen LogP contribution is 2.16. The standard InChI is InChI=1S/C9H12ClFN2S/c1-6(14-2)4-12-9-8(11)3-7(10)5-13-9/h3,5-6H,4H2,1-2H3,(H,12,13). The second-order valence-corrected chi connectivity index (χ2v) is 4.62. The third kappa shape index (κ3) is 3.35. The van der Waals surface area contributed by atoms with Crippen LogP contribution in [0.15, 0.2) is 12.3 Å². The predicted octanol–water partition coefficient (Wildman–Crippen LogP) is 3.04. The van der Waals surface area contributed by atoms with Gasteiger partial charge in [0.1, 0.15) is 0 Å². The summed E-state index contributed by atoms with van der Waals surface area (Å²) in [6.45, 7) is 2.75. The lowest BCUT2D eigenvalue weighted by atomic mass is 10.4. The Morgan fingerprint density at radius 2 is 2.43 bits per heavy atom. The van der Waals surface area contributed by atoms with Crippen molar-refractivity contribution in [2.75, 3.05) is 18.1 Å². The number of nitrogens with one attached hydrogen (secondary N) is 1. The van der Waals surface area contributed by atoms with Crippen LogP contribution in [-0.2, 0) is 0 Å². The predicted molar refractivity (Wildman–Crippen MR) is 60.7 cm³/mol. The third-order valence-corrected chi connectivity index (χ3v) is 2.95. The fraction of sp³-hybridized carbons (Fsp3) is 0.444. The highest BCUT2D eigenvalue weighted by atomic mass is 35.5. The van der Waals surface area contributed by atoms with Crippen molar-refractivity contribution in [1.29, 1.82) is 0 Å². The van der Waals surface area contributed by atoms with E-state index >= 15 is 0 Å². The SMILES string of the molecule is CSC(C)CNc1ncc(Cl)cc1F. The molecule has 0 bridgehead atoms. The molecule has 1 N–H and O–H groups in total. The van der Waals surface area contributed by atoms with Gasteiger partial charge in [0.2, 0.25) is 0 Å². The van der Waals surface area contributed by atoms with E-state index in [1.165, 1.54) is 12.3 Å². The Hall–Kier alpha value is -0.480. The molecule has 14 heavy (non-hydrogen) atoms. The molecule has 1 unspecified atom stereocenters. The molecule has 0 aromatic carbocycles. The van der Waals surface area contributed by atoms with Gasteiger partial charge in [-0.15, -0.1) is 0 Å². The molecule has 0 aliphatic carbocycles. The summed E-state index contributed by atoms with van der Waals surface area (Å²) >= 11 is 7.29. The van der Waals surface area contributed by atoms with Crippen LogP contribution in [0.2, 0.25) is 5.02 Å². The van der Waals surface area contributed by atoms with E-state index in [4.69, 9.17) is 11.6 Å². The molecule has 0 saturated carbocycles. The van der Waals surface area contributed by atoms with Gasteiger partial charge >= 0.3 is 0 Å². The molecule has 0 aliphatic rings. The monoisotopic (exact) mass is 234 g/mol. The molecule has 0 fully saturated rings. The van der Waals surface area contributed by atoms with E-state index in [2.05, 4.69) is 17.2 Å². The summed E-state index contributed by atoms with van der Waals surface area (Å²) < 4.78 is 13.2. The van der Waals surface area contributed by atoms with E-state index in [0.29, 0.717) is 16.8 Å². The molecule has 0 amide bonds. The Kier molecular flexibility index (Phi) is 4.48. The zero-order valence-electron chi connectivity index (χ0n) is 8.05. The first-order valence-corrected chi connectivity index (χ1v) is 5.87. The summed E-state index contributed by atoms with van der Waals surface area (Å²) in [5.74, 6) is -0.152. The van der Waals surface area contributed by atoms with Crippen molar-refractivity contribution in [2.45, 2.75) is 12.2 Å². The Labute approximate surface area is 92.3 Å². The number of hydrogen-bond acceptors (Lipinski definition) is 3. The Bertz CT molecular complexity index is 309. The van der Waals surface area contributed by atoms with Crippen molar-refractivity contribution in [2.24, 2.45) is 0 Å². The zero-order valence-corrected chi connectivity index (χ0v) is 9.62. The van der Waals surface area contributed by atoms with Crippen LogP contribution in [0.4, 0.5) is 10.2 Å². The molecule has 0 saturated heterocycles. The minimum absolute atomic E-state index is 0.260. The summed E-state index contributed by atoms with van der Waals surface area (Å²) in [6.07, 6.45) is 3.44. The maximum atomic E-state index is 13.2. The normalized spacial score (nSPS) is 12.6. The lowest BCUT2D eigenvalue weighted by Crippen LogP contribution is -2.14.